The number of hydrogen-bond acceptors (Lipinski definition) is 3. The molecule has 1 amide bonds. The Morgan fingerprint density at radius 2 is 2.24 bits per heavy atom. The highest BCUT2D eigenvalue weighted by Crippen LogP contribution is 2.07. The number of carbonyl (C=O) groups excluding carboxylic acids is 1. The van der Waals surface area contributed by atoms with Crippen LogP contribution in [0.4, 0.5) is 0 Å². The van der Waals surface area contributed by atoms with Crippen molar-refractivity contribution in [2.45, 2.75) is 39.2 Å². The summed E-state index contributed by atoms with van der Waals surface area (Å²) in [6.45, 7) is 3.62. The largest absolute Gasteiger partial charge is 0.481 e. The van der Waals surface area contributed by atoms with E-state index in [0.29, 0.717) is 24.2 Å². The summed E-state index contributed by atoms with van der Waals surface area (Å²) in [5.74, 6) is -0.313. The highest BCUT2D eigenvalue weighted by molar-refractivity contribution is 5.94. The molecule has 0 fully saturated rings. The molecule has 0 radical (unpaired) electrons. The maximum absolute atomic E-state index is 11.7. The molecule has 1 atom stereocenters. The summed E-state index contributed by atoms with van der Waals surface area (Å²) < 4.78 is 5.04. The van der Waals surface area contributed by atoms with Gasteiger partial charge in [0, 0.05) is 12.5 Å². The summed E-state index contributed by atoms with van der Waals surface area (Å²) in [6, 6.07) is 1.62. The predicted molar refractivity (Wildman–Crippen MR) is 61.9 cm³/mol. The number of carboxylic acid groups (broad SMARTS) is 1. The minimum Gasteiger partial charge on any atom is -0.481 e. The number of nitrogens with one attached hydrogen (secondary N) is 1. The summed E-state index contributed by atoms with van der Waals surface area (Å²) in [6.07, 6.45) is 2.75. The van der Waals surface area contributed by atoms with Crippen molar-refractivity contribution < 1.29 is 19.1 Å². The molecular formula is C12H17NO4. The topological polar surface area (TPSA) is 79.5 Å². The van der Waals surface area contributed by atoms with Gasteiger partial charge in [0.15, 0.2) is 0 Å². The van der Waals surface area contributed by atoms with Crippen molar-refractivity contribution in [3.05, 3.63) is 23.7 Å². The first-order valence-electron chi connectivity index (χ1n) is 5.57. The second-order valence-corrected chi connectivity index (χ2v) is 4.11. The number of furan rings is 1. The lowest BCUT2D eigenvalue weighted by molar-refractivity contribution is -0.137. The fourth-order valence-corrected chi connectivity index (χ4v) is 1.50. The SMILES string of the molecule is Cc1cc(C(=O)NC(C)CCCC(=O)O)co1. The Bertz CT molecular complexity index is 397. The van der Waals surface area contributed by atoms with Crippen LogP contribution in [0.15, 0.2) is 16.7 Å². The maximum Gasteiger partial charge on any atom is 0.303 e. The first-order valence-corrected chi connectivity index (χ1v) is 5.57. The fourth-order valence-electron chi connectivity index (χ4n) is 1.50. The van der Waals surface area contributed by atoms with Gasteiger partial charge < -0.3 is 14.8 Å². The summed E-state index contributed by atoms with van der Waals surface area (Å²) in [5, 5.41) is 11.3. The number of carbonyl (C=O) groups is 2. The first-order chi connectivity index (χ1) is 7.99. The van der Waals surface area contributed by atoms with Crippen LogP contribution in [-0.2, 0) is 4.79 Å². The molecule has 1 aromatic rings. The van der Waals surface area contributed by atoms with E-state index in [1.807, 2.05) is 6.92 Å². The molecule has 5 nitrogen and oxygen atoms in total. The molecule has 0 aliphatic carbocycles. The van der Waals surface area contributed by atoms with E-state index < -0.39 is 5.97 Å². The van der Waals surface area contributed by atoms with E-state index in [-0.39, 0.29) is 18.4 Å². The van der Waals surface area contributed by atoms with Crippen LogP contribution in [0, 0.1) is 6.92 Å². The Balaban J connectivity index is 2.33. The molecule has 2 N–H and O–H groups in total. The van der Waals surface area contributed by atoms with Gasteiger partial charge in [-0.25, -0.2) is 0 Å². The highest BCUT2D eigenvalue weighted by Gasteiger charge is 2.12. The van der Waals surface area contributed by atoms with Gasteiger partial charge in [0.25, 0.3) is 5.91 Å². The zero-order valence-corrected chi connectivity index (χ0v) is 10.0. The Hall–Kier alpha value is -1.78. The molecule has 1 heterocycles. The van der Waals surface area contributed by atoms with E-state index in [2.05, 4.69) is 5.32 Å². The summed E-state index contributed by atoms with van der Waals surface area (Å²) in [5.41, 5.74) is 0.493. The standard InChI is InChI=1S/C12H17NO4/c1-8(4-3-5-11(14)15)13-12(16)10-6-9(2)17-7-10/h6-8H,3-5H2,1-2H3,(H,13,16)(H,14,15). The van der Waals surface area contributed by atoms with Crippen molar-refractivity contribution in [3.63, 3.8) is 0 Å². The quantitative estimate of drug-likeness (QED) is 0.795. The van der Waals surface area contributed by atoms with Crippen LogP contribution >= 0.6 is 0 Å². The van der Waals surface area contributed by atoms with E-state index in [1.54, 1.807) is 13.0 Å². The van der Waals surface area contributed by atoms with Crippen LogP contribution in [0.3, 0.4) is 0 Å². The fraction of sp³-hybridized carbons (Fsp3) is 0.500. The molecule has 1 unspecified atom stereocenters. The minimum atomic E-state index is -0.811. The van der Waals surface area contributed by atoms with Crippen molar-refractivity contribution in [2.24, 2.45) is 0 Å². The zero-order chi connectivity index (χ0) is 12.8. The van der Waals surface area contributed by atoms with E-state index in [0.717, 1.165) is 0 Å². The third-order valence-corrected chi connectivity index (χ3v) is 2.40. The van der Waals surface area contributed by atoms with Gasteiger partial charge in [0.2, 0.25) is 0 Å². The predicted octanol–water partition coefficient (Wildman–Crippen LogP) is 1.96. The van der Waals surface area contributed by atoms with E-state index in [1.165, 1.54) is 6.26 Å². The van der Waals surface area contributed by atoms with Crippen molar-refractivity contribution in [3.8, 4) is 0 Å². The van der Waals surface area contributed by atoms with Gasteiger partial charge in [0.1, 0.15) is 12.0 Å². The summed E-state index contributed by atoms with van der Waals surface area (Å²) >= 11 is 0. The average Bonchev–Trinajstić information content (AvgIpc) is 2.64. The molecular weight excluding hydrogens is 222 g/mol. The van der Waals surface area contributed by atoms with Gasteiger partial charge in [-0.05, 0) is 32.8 Å². The Kier molecular flexibility index (Phi) is 4.75. The van der Waals surface area contributed by atoms with Crippen LogP contribution in [0.25, 0.3) is 0 Å². The molecule has 1 aromatic heterocycles. The first kappa shape index (κ1) is 13.3. The molecule has 0 aromatic carbocycles. The lowest BCUT2D eigenvalue weighted by Gasteiger charge is -2.12. The van der Waals surface area contributed by atoms with E-state index in [9.17, 15) is 9.59 Å². The van der Waals surface area contributed by atoms with Gasteiger partial charge in [-0.1, -0.05) is 0 Å². The molecule has 0 bridgehead atoms. The van der Waals surface area contributed by atoms with Crippen LogP contribution in [0.5, 0.6) is 0 Å². The maximum atomic E-state index is 11.7. The third kappa shape index (κ3) is 4.72. The van der Waals surface area contributed by atoms with Crippen LogP contribution in [-0.4, -0.2) is 23.0 Å². The monoisotopic (exact) mass is 239 g/mol. The minimum absolute atomic E-state index is 0.0444. The van der Waals surface area contributed by atoms with Gasteiger partial charge in [0.05, 0.1) is 5.56 Å². The van der Waals surface area contributed by atoms with Crippen molar-refractivity contribution in [1.29, 1.82) is 0 Å². The molecule has 0 spiro atoms. The Labute approximate surface area is 99.8 Å². The average molecular weight is 239 g/mol. The third-order valence-electron chi connectivity index (χ3n) is 2.40. The molecule has 0 aliphatic heterocycles. The van der Waals surface area contributed by atoms with E-state index >= 15 is 0 Å². The van der Waals surface area contributed by atoms with Crippen LogP contribution < -0.4 is 5.32 Å². The summed E-state index contributed by atoms with van der Waals surface area (Å²) in [4.78, 5) is 22.0. The molecule has 17 heavy (non-hydrogen) atoms. The lowest BCUT2D eigenvalue weighted by Crippen LogP contribution is -2.32. The number of carboxylic acids is 1. The number of aryl methyl sites for hydroxylation is 1. The summed E-state index contributed by atoms with van der Waals surface area (Å²) in [7, 11) is 0. The van der Waals surface area contributed by atoms with Crippen LogP contribution in [0.2, 0.25) is 0 Å². The number of hydrogen-bond donors (Lipinski definition) is 2. The Morgan fingerprint density at radius 1 is 1.53 bits per heavy atom. The van der Waals surface area contributed by atoms with Gasteiger partial charge in [-0.15, -0.1) is 0 Å². The smallest absolute Gasteiger partial charge is 0.303 e. The second-order valence-electron chi connectivity index (χ2n) is 4.11. The number of rotatable bonds is 6. The number of aliphatic carboxylic acids is 1. The number of amides is 1. The lowest BCUT2D eigenvalue weighted by atomic mass is 10.1. The van der Waals surface area contributed by atoms with Crippen LogP contribution in [0.1, 0.15) is 42.3 Å². The molecule has 0 saturated heterocycles. The molecule has 1 rings (SSSR count). The zero-order valence-electron chi connectivity index (χ0n) is 10.0. The molecule has 94 valence electrons. The Morgan fingerprint density at radius 3 is 2.76 bits per heavy atom. The molecule has 5 heteroatoms. The second kappa shape index (κ2) is 6.08. The molecule has 0 saturated carbocycles. The van der Waals surface area contributed by atoms with Gasteiger partial charge in [-0.2, -0.15) is 0 Å². The van der Waals surface area contributed by atoms with E-state index in [4.69, 9.17) is 9.52 Å². The van der Waals surface area contributed by atoms with Gasteiger partial charge >= 0.3 is 5.97 Å². The highest BCUT2D eigenvalue weighted by atomic mass is 16.4. The van der Waals surface area contributed by atoms with Gasteiger partial charge in [-0.3, -0.25) is 9.59 Å². The molecule has 0 aliphatic rings. The van der Waals surface area contributed by atoms with Crippen molar-refractivity contribution in [2.75, 3.05) is 0 Å². The normalized spacial score (nSPS) is 12.1. The van der Waals surface area contributed by atoms with Crippen molar-refractivity contribution in [1.82, 2.24) is 5.32 Å². The van der Waals surface area contributed by atoms with Crippen molar-refractivity contribution >= 4 is 11.9 Å².